The number of hydrogen-bond donors (Lipinski definition) is 3. The highest BCUT2D eigenvalue weighted by molar-refractivity contribution is 6.00. The minimum absolute atomic E-state index is 0.0703. The van der Waals surface area contributed by atoms with Gasteiger partial charge in [0.1, 0.15) is 11.3 Å². The maximum atomic E-state index is 11.9. The molecule has 0 saturated heterocycles. The number of carbonyl (C=O) groups excluding carboxylic acids is 2. The summed E-state index contributed by atoms with van der Waals surface area (Å²) in [5.41, 5.74) is 4.91. The van der Waals surface area contributed by atoms with Crippen LogP contribution in [-0.2, 0) is 4.79 Å². The number of nitrogens with one attached hydrogen (secondary N) is 2. The molecule has 0 bridgehead atoms. The number of amides is 2. The van der Waals surface area contributed by atoms with Crippen LogP contribution < -0.4 is 16.4 Å². The third-order valence-electron chi connectivity index (χ3n) is 3.07. The number of carbonyl (C=O) groups is 2. The highest BCUT2D eigenvalue weighted by atomic mass is 16.6. The first-order chi connectivity index (χ1) is 9.99. The molecule has 112 valence electrons. The third-order valence-corrected chi connectivity index (χ3v) is 3.07. The maximum absolute atomic E-state index is 11.9. The number of hydrogen-bond acceptors (Lipinski definition) is 5. The van der Waals surface area contributed by atoms with Crippen molar-refractivity contribution in [1.29, 1.82) is 0 Å². The first-order valence-corrected chi connectivity index (χ1v) is 6.59. The summed E-state index contributed by atoms with van der Waals surface area (Å²) in [5.74, 6) is -0.756. The normalized spacial score (nSPS) is 13.5. The van der Waals surface area contributed by atoms with Crippen molar-refractivity contribution in [3.8, 4) is 0 Å². The molecule has 1 saturated carbocycles. The number of nitrogens with two attached hydrogens (primary N) is 1. The van der Waals surface area contributed by atoms with Gasteiger partial charge in [0.25, 0.3) is 5.91 Å². The third kappa shape index (κ3) is 3.91. The molecule has 8 nitrogen and oxygen atoms in total. The van der Waals surface area contributed by atoms with Crippen molar-refractivity contribution in [1.82, 2.24) is 10.6 Å². The second kappa shape index (κ2) is 6.21. The molecule has 1 aromatic rings. The molecular weight excluding hydrogens is 276 g/mol. The first-order valence-electron chi connectivity index (χ1n) is 6.59. The lowest BCUT2D eigenvalue weighted by atomic mass is 10.1. The fourth-order valence-corrected chi connectivity index (χ4v) is 1.86. The lowest BCUT2D eigenvalue weighted by Gasteiger charge is -2.07. The number of nitrogens with zero attached hydrogens (tertiary/aromatic N) is 1. The number of nitrogen functional groups attached to an aromatic ring is 1. The van der Waals surface area contributed by atoms with Crippen molar-refractivity contribution in [2.45, 2.75) is 25.3 Å². The zero-order valence-electron chi connectivity index (χ0n) is 11.3. The van der Waals surface area contributed by atoms with Crippen LogP contribution in [0.25, 0.3) is 0 Å². The minimum atomic E-state index is -0.690. The molecule has 2 amide bonds. The molecule has 0 spiro atoms. The van der Waals surface area contributed by atoms with Gasteiger partial charge in [-0.05, 0) is 25.0 Å². The largest absolute Gasteiger partial charge is 0.393 e. The maximum Gasteiger partial charge on any atom is 0.304 e. The Morgan fingerprint density at radius 1 is 1.38 bits per heavy atom. The van der Waals surface area contributed by atoms with Gasteiger partial charge in [-0.2, -0.15) is 0 Å². The fourth-order valence-electron chi connectivity index (χ4n) is 1.86. The molecule has 1 aromatic carbocycles. The predicted octanol–water partition coefficient (Wildman–Crippen LogP) is 0.575. The van der Waals surface area contributed by atoms with Crippen LogP contribution in [0, 0.1) is 10.1 Å². The van der Waals surface area contributed by atoms with Gasteiger partial charge in [-0.25, -0.2) is 0 Å². The molecule has 8 heteroatoms. The molecule has 0 atom stereocenters. The second-order valence-electron chi connectivity index (χ2n) is 4.85. The molecule has 4 N–H and O–H groups in total. The Morgan fingerprint density at radius 3 is 2.71 bits per heavy atom. The number of nitro groups is 1. The van der Waals surface area contributed by atoms with Gasteiger partial charge >= 0.3 is 5.69 Å². The quantitative estimate of drug-likeness (QED) is 0.401. The van der Waals surface area contributed by atoms with Gasteiger partial charge < -0.3 is 16.4 Å². The van der Waals surface area contributed by atoms with Crippen LogP contribution in [0.5, 0.6) is 0 Å². The van der Waals surface area contributed by atoms with Crippen molar-refractivity contribution in [2.24, 2.45) is 0 Å². The van der Waals surface area contributed by atoms with Crippen molar-refractivity contribution in [3.63, 3.8) is 0 Å². The second-order valence-corrected chi connectivity index (χ2v) is 4.85. The SMILES string of the molecule is Nc1cccc(C(=O)NCCC(=O)NC2CC2)c1[N+](=O)[O-]. The molecule has 0 heterocycles. The van der Waals surface area contributed by atoms with Gasteiger partial charge in [-0.1, -0.05) is 6.07 Å². The van der Waals surface area contributed by atoms with Crippen molar-refractivity contribution in [2.75, 3.05) is 12.3 Å². The van der Waals surface area contributed by atoms with E-state index in [1.165, 1.54) is 18.2 Å². The summed E-state index contributed by atoms with van der Waals surface area (Å²) >= 11 is 0. The Balaban J connectivity index is 1.92. The Labute approximate surface area is 120 Å². The average Bonchev–Trinajstić information content (AvgIpc) is 3.21. The molecule has 1 fully saturated rings. The summed E-state index contributed by atoms with van der Waals surface area (Å²) in [4.78, 5) is 33.6. The predicted molar refractivity (Wildman–Crippen MR) is 75.6 cm³/mol. The van der Waals surface area contributed by atoms with E-state index < -0.39 is 16.5 Å². The summed E-state index contributed by atoms with van der Waals surface area (Å²) < 4.78 is 0. The van der Waals surface area contributed by atoms with Crippen LogP contribution in [-0.4, -0.2) is 29.3 Å². The Morgan fingerprint density at radius 2 is 2.10 bits per heavy atom. The van der Waals surface area contributed by atoms with E-state index in [9.17, 15) is 19.7 Å². The highest BCUT2D eigenvalue weighted by Gasteiger charge is 2.24. The van der Waals surface area contributed by atoms with Crippen LogP contribution in [0.2, 0.25) is 0 Å². The summed E-state index contributed by atoms with van der Waals surface area (Å²) in [5, 5.41) is 16.2. The zero-order chi connectivity index (χ0) is 15.4. The summed E-state index contributed by atoms with van der Waals surface area (Å²) in [6, 6.07) is 4.42. The molecule has 1 aliphatic carbocycles. The topological polar surface area (TPSA) is 127 Å². The van der Waals surface area contributed by atoms with E-state index in [-0.39, 0.29) is 36.2 Å². The van der Waals surface area contributed by atoms with Crippen LogP contribution in [0.1, 0.15) is 29.6 Å². The number of nitro benzene ring substituents is 1. The Bertz CT molecular complexity index is 584. The van der Waals surface area contributed by atoms with Gasteiger partial charge in [0.2, 0.25) is 5.91 Å². The number of para-hydroxylation sites is 1. The first kappa shape index (κ1) is 14.8. The van der Waals surface area contributed by atoms with E-state index >= 15 is 0 Å². The smallest absolute Gasteiger partial charge is 0.304 e. The van der Waals surface area contributed by atoms with Gasteiger partial charge in [0.05, 0.1) is 4.92 Å². The van der Waals surface area contributed by atoms with Gasteiger partial charge in [0, 0.05) is 19.0 Å². The lowest BCUT2D eigenvalue weighted by Crippen LogP contribution is -2.32. The molecular formula is C13H16N4O4. The molecule has 1 aliphatic rings. The number of benzene rings is 1. The number of anilines is 1. The molecule has 0 aliphatic heterocycles. The van der Waals surface area contributed by atoms with Crippen molar-refractivity contribution in [3.05, 3.63) is 33.9 Å². The summed E-state index contributed by atoms with van der Waals surface area (Å²) in [6.45, 7) is 0.114. The van der Waals surface area contributed by atoms with Crippen molar-refractivity contribution >= 4 is 23.2 Å². The van der Waals surface area contributed by atoms with Crippen LogP contribution >= 0.6 is 0 Å². The van der Waals surface area contributed by atoms with Crippen molar-refractivity contribution < 1.29 is 14.5 Å². The molecule has 0 unspecified atom stereocenters. The monoisotopic (exact) mass is 292 g/mol. The Hall–Kier alpha value is -2.64. The van der Waals surface area contributed by atoms with E-state index in [1.54, 1.807) is 0 Å². The van der Waals surface area contributed by atoms with Crippen LogP contribution in [0.3, 0.4) is 0 Å². The van der Waals surface area contributed by atoms with Gasteiger partial charge in [-0.3, -0.25) is 19.7 Å². The van der Waals surface area contributed by atoms with Gasteiger partial charge in [-0.15, -0.1) is 0 Å². The average molecular weight is 292 g/mol. The molecule has 21 heavy (non-hydrogen) atoms. The standard InChI is InChI=1S/C13H16N4O4/c14-10-3-1-2-9(12(10)17(20)21)13(19)15-7-6-11(18)16-8-4-5-8/h1-3,8H,4-7,14H2,(H,15,19)(H,16,18). The Kier molecular flexibility index (Phi) is 4.36. The summed E-state index contributed by atoms with van der Waals surface area (Å²) in [7, 11) is 0. The van der Waals surface area contributed by atoms with E-state index in [4.69, 9.17) is 5.73 Å². The minimum Gasteiger partial charge on any atom is -0.393 e. The number of rotatable bonds is 6. The van der Waals surface area contributed by atoms with Gasteiger partial charge in [0.15, 0.2) is 0 Å². The van der Waals surface area contributed by atoms with E-state index in [0.717, 1.165) is 12.8 Å². The van der Waals surface area contributed by atoms with E-state index in [2.05, 4.69) is 10.6 Å². The highest BCUT2D eigenvalue weighted by Crippen LogP contribution is 2.25. The van der Waals surface area contributed by atoms with E-state index in [1.807, 2.05) is 0 Å². The fraction of sp³-hybridized carbons (Fsp3) is 0.385. The van der Waals surface area contributed by atoms with Crippen LogP contribution in [0.15, 0.2) is 18.2 Å². The lowest BCUT2D eigenvalue weighted by molar-refractivity contribution is -0.384. The molecule has 2 rings (SSSR count). The van der Waals surface area contributed by atoms with Crippen LogP contribution in [0.4, 0.5) is 11.4 Å². The summed E-state index contributed by atoms with van der Waals surface area (Å²) in [6.07, 6.45) is 2.12. The molecule has 0 radical (unpaired) electrons. The zero-order valence-corrected chi connectivity index (χ0v) is 11.3. The molecule has 0 aromatic heterocycles. The van der Waals surface area contributed by atoms with E-state index in [0.29, 0.717) is 0 Å².